The number of hydrogen-bond donors (Lipinski definition) is 1. The number of nitriles is 1. The van der Waals surface area contributed by atoms with Gasteiger partial charge in [-0.05, 0) is 54.3 Å². The Hall–Kier alpha value is -3.37. The molecule has 1 amide bonds. The molecule has 0 fully saturated rings. The average Bonchev–Trinajstić information content (AvgIpc) is 3.11. The van der Waals surface area contributed by atoms with Crippen molar-refractivity contribution in [3.8, 4) is 11.8 Å². The summed E-state index contributed by atoms with van der Waals surface area (Å²) in [7, 11) is 0. The molecule has 0 spiro atoms. The number of thiophene rings is 1. The van der Waals surface area contributed by atoms with Gasteiger partial charge in [0.25, 0.3) is 5.91 Å². The van der Waals surface area contributed by atoms with E-state index in [-0.39, 0.29) is 18.5 Å². The number of benzene rings is 2. The fourth-order valence-electron chi connectivity index (χ4n) is 2.56. The number of amides is 1. The third-order valence-corrected chi connectivity index (χ3v) is 4.95. The van der Waals surface area contributed by atoms with Crippen LogP contribution < -0.4 is 10.1 Å². The summed E-state index contributed by atoms with van der Waals surface area (Å²) in [5, 5.41) is 12.3. The summed E-state index contributed by atoms with van der Waals surface area (Å²) in [6.07, 6.45) is 0.337. The molecule has 0 radical (unpaired) electrons. The molecule has 142 valence electrons. The minimum Gasteiger partial charge on any atom is -0.484 e. The lowest BCUT2D eigenvalue weighted by Gasteiger charge is -2.08. The third-order valence-electron chi connectivity index (χ3n) is 3.85. The second kappa shape index (κ2) is 9.02. The van der Waals surface area contributed by atoms with E-state index >= 15 is 0 Å². The number of esters is 1. The maximum atomic E-state index is 12.1. The SMILES string of the molecule is CCOC(=O)c1cc2cc(NC(=O)COc3ccc(CC#N)cc3)ccc2s1. The van der Waals surface area contributed by atoms with Crippen molar-refractivity contribution in [3.63, 3.8) is 0 Å². The summed E-state index contributed by atoms with van der Waals surface area (Å²) in [5.74, 6) is -0.0750. The second-order valence-electron chi connectivity index (χ2n) is 5.90. The molecule has 3 rings (SSSR count). The highest BCUT2D eigenvalue weighted by atomic mass is 32.1. The summed E-state index contributed by atoms with van der Waals surface area (Å²) in [4.78, 5) is 24.5. The van der Waals surface area contributed by atoms with Gasteiger partial charge in [0.15, 0.2) is 6.61 Å². The number of carbonyl (C=O) groups excluding carboxylic acids is 2. The van der Waals surface area contributed by atoms with Gasteiger partial charge in [-0.2, -0.15) is 5.26 Å². The molecule has 0 saturated heterocycles. The van der Waals surface area contributed by atoms with Gasteiger partial charge in [0.1, 0.15) is 10.6 Å². The molecule has 0 aliphatic rings. The molecule has 1 aromatic heterocycles. The molecule has 0 saturated carbocycles. The smallest absolute Gasteiger partial charge is 0.348 e. The number of rotatable bonds is 7. The summed E-state index contributed by atoms with van der Waals surface area (Å²) in [6.45, 7) is 1.96. The zero-order chi connectivity index (χ0) is 19.9. The Labute approximate surface area is 166 Å². The Bertz CT molecular complexity index is 1030. The average molecular weight is 394 g/mol. The van der Waals surface area contributed by atoms with Crippen LogP contribution in [0, 0.1) is 11.3 Å². The molecule has 0 unspecified atom stereocenters. The molecule has 0 aliphatic heterocycles. The molecule has 28 heavy (non-hydrogen) atoms. The van der Waals surface area contributed by atoms with E-state index in [1.165, 1.54) is 11.3 Å². The van der Waals surface area contributed by atoms with Gasteiger partial charge in [-0.1, -0.05) is 12.1 Å². The molecule has 0 aliphatic carbocycles. The number of ether oxygens (including phenoxy) is 2. The number of nitrogens with zero attached hydrogens (tertiary/aromatic N) is 1. The van der Waals surface area contributed by atoms with Gasteiger partial charge < -0.3 is 14.8 Å². The van der Waals surface area contributed by atoms with Crippen molar-refractivity contribution in [2.75, 3.05) is 18.5 Å². The number of hydrogen-bond acceptors (Lipinski definition) is 6. The normalized spacial score (nSPS) is 10.3. The summed E-state index contributed by atoms with van der Waals surface area (Å²) in [6, 6.07) is 16.3. The Balaban J connectivity index is 1.59. The summed E-state index contributed by atoms with van der Waals surface area (Å²) < 4.78 is 11.4. The topological polar surface area (TPSA) is 88.4 Å². The van der Waals surface area contributed by atoms with Gasteiger partial charge in [-0.3, -0.25) is 4.79 Å². The monoisotopic (exact) mass is 394 g/mol. The molecule has 1 N–H and O–H groups in total. The number of nitrogens with one attached hydrogen (secondary N) is 1. The van der Waals surface area contributed by atoms with Crippen molar-refractivity contribution in [3.05, 3.63) is 59.0 Å². The first kappa shape index (κ1) is 19.4. The maximum Gasteiger partial charge on any atom is 0.348 e. The molecule has 3 aromatic rings. The Kier molecular flexibility index (Phi) is 6.25. The van der Waals surface area contributed by atoms with Gasteiger partial charge in [0.2, 0.25) is 0 Å². The second-order valence-corrected chi connectivity index (χ2v) is 6.98. The van der Waals surface area contributed by atoms with Crippen molar-refractivity contribution < 1.29 is 19.1 Å². The van der Waals surface area contributed by atoms with Crippen LogP contribution in [0.2, 0.25) is 0 Å². The van der Waals surface area contributed by atoms with Crippen molar-refractivity contribution in [1.29, 1.82) is 5.26 Å². The first-order valence-corrected chi connectivity index (χ1v) is 9.50. The highest BCUT2D eigenvalue weighted by molar-refractivity contribution is 7.20. The van der Waals surface area contributed by atoms with Gasteiger partial charge in [0, 0.05) is 10.4 Å². The van der Waals surface area contributed by atoms with Crippen LogP contribution in [0.15, 0.2) is 48.5 Å². The predicted octanol–water partition coefficient (Wildman–Crippen LogP) is 4.16. The van der Waals surface area contributed by atoms with E-state index < -0.39 is 0 Å². The van der Waals surface area contributed by atoms with Gasteiger partial charge >= 0.3 is 5.97 Å². The first-order chi connectivity index (χ1) is 13.6. The molecule has 0 atom stereocenters. The minimum atomic E-state index is -0.344. The molecular weight excluding hydrogens is 376 g/mol. The largest absolute Gasteiger partial charge is 0.484 e. The van der Waals surface area contributed by atoms with E-state index in [4.69, 9.17) is 14.7 Å². The van der Waals surface area contributed by atoms with Crippen LogP contribution in [0.4, 0.5) is 5.69 Å². The van der Waals surface area contributed by atoms with Crippen LogP contribution in [-0.4, -0.2) is 25.1 Å². The standard InChI is InChI=1S/C21H18N2O4S/c1-2-26-21(25)19-12-15-11-16(5-8-18(15)28-19)23-20(24)13-27-17-6-3-14(4-7-17)9-10-22/h3-8,11-12H,2,9,13H2,1H3,(H,23,24). The van der Waals surface area contributed by atoms with Crippen molar-refractivity contribution in [2.45, 2.75) is 13.3 Å². The Morgan fingerprint density at radius 1 is 1.14 bits per heavy atom. The van der Waals surface area contributed by atoms with Gasteiger partial charge in [0.05, 0.1) is 19.1 Å². The lowest BCUT2D eigenvalue weighted by Crippen LogP contribution is -2.20. The van der Waals surface area contributed by atoms with E-state index in [1.807, 2.05) is 12.1 Å². The van der Waals surface area contributed by atoms with E-state index in [0.29, 0.717) is 29.3 Å². The minimum absolute atomic E-state index is 0.132. The van der Waals surface area contributed by atoms with Crippen LogP contribution in [0.3, 0.4) is 0 Å². The zero-order valence-electron chi connectivity index (χ0n) is 15.2. The van der Waals surface area contributed by atoms with Crippen LogP contribution in [0.5, 0.6) is 5.75 Å². The lowest BCUT2D eigenvalue weighted by molar-refractivity contribution is -0.118. The van der Waals surface area contributed by atoms with Crippen LogP contribution in [-0.2, 0) is 16.0 Å². The summed E-state index contributed by atoms with van der Waals surface area (Å²) >= 11 is 1.35. The van der Waals surface area contributed by atoms with Crippen molar-refractivity contribution in [1.82, 2.24) is 0 Å². The van der Waals surface area contributed by atoms with Crippen LogP contribution >= 0.6 is 11.3 Å². The van der Waals surface area contributed by atoms with Crippen LogP contribution in [0.25, 0.3) is 10.1 Å². The predicted molar refractivity (Wildman–Crippen MR) is 108 cm³/mol. The van der Waals surface area contributed by atoms with E-state index in [0.717, 1.165) is 15.6 Å². The maximum absolute atomic E-state index is 12.1. The van der Waals surface area contributed by atoms with Crippen LogP contribution in [0.1, 0.15) is 22.2 Å². The molecule has 0 bridgehead atoms. The quantitative estimate of drug-likeness (QED) is 0.608. The zero-order valence-corrected chi connectivity index (χ0v) is 16.0. The number of fused-ring (bicyclic) bond motifs is 1. The van der Waals surface area contributed by atoms with E-state index in [1.54, 1.807) is 43.3 Å². The van der Waals surface area contributed by atoms with Crippen molar-refractivity contribution in [2.24, 2.45) is 0 Å². The fourth-order valence-corrected chi connectivity index (χ4v) is 3.50. The van der Waals surface area contributed by atoms with E-state index in [2.05, 4.69) is 11.4 Å². The van der Waals surface area contributed by atoms with Crippen molar-refractivity contribution >= 4 is 39.0 Å². The number of carbonyl (C=O) groups is 2. The Morgan fingerprint density at radius 2 is 1.93 bits per heavy atom. The molecule has 6 nitrogen and oxygen atoms in total. The van der Waals surface area contributed by atoms with Gasteiger partial charge in [-0.15, -0.1) is 11.3 Å². The molecule has 2 aromatic carbocycles. The third kappa shape index (κ3) is 4.87. The van der Waals surface area contributed by atoms with Gasteiger partial charge in [-0.25, -0.2) is 4.79 Å². The molecule has 7 heteroatoms. The Morgan fingerprint density at radius 3 is 2.64 bits per heavy atom. The molecule has 1 heterocycles. The molecular formula is C21H18N2O4S. The summed E-state index contributed by atoms with van der Waals surface area (Å²) in [5.41, 5.74) is 1.52. The fraction of sp³-hybridized carbons (Fsp3) is 0.190. The lowest BCUT2D eigenvalue weighted by atomic mass is 10.2. The van der Waals surface area contributed by atoms with E-state index in [9.17, 15) is 9.59 Å². The highest BCUT2D eigenvalue weighted by Crippen LogP contribution is 2.28. The number of anilines is 1. The first-order valence-electron chi connectivity index (χ1n) is 8.68. The highest BCUT2D eigenvalue weighted by Gasteiger charge is 2.12.